The quantitative estimate of drug-likeness (QED) is 0.669. The van der Waals surface area contributed by atoms with Gasteiger partial charge in [0.15, 0.2) is 5.78 Å². The van der Waals surface area contributed by atoms with Crippen molar-refractivity contribution in [1.82, 2.24) is 9.88 Å². The lowest BCUT2D eigenvalue weighted by Gasteiger charge is -2.19. The minimum atomic E-state index is -3.06. The number of carbonyl (C=O) groups is 2. The number of benzene rings is 1. The van der Waals surface area contributed by atoms with E-state index in [1.165, 1.54) is 6.20 Å². The van der Waals surface area contributed by atoms with Crippen LogP contribution in [0.25, 0.3) is 0 Å². The molecule has 1 atom stereocenters. The summed E-state index contributed by atoms with van der Waals surface area (Å²) in [5.74, 6) is -3.89. The van der Waals surface area contributed by atoms with Gasteiger partial charge in [-0.1, -0.05) is 30.3 Å². The highest BCUT2D eigenvalue weighted by atomic mass is 19.3. The number of amides is 1. The predicted molar refractivity (Wildman–Crippen MR) is 102 cm³/mol. The number of nitrogens with zero attached hydrogens (tertiary/aromatic N) is 3. The molecule has 3 rings (SSSR count). The molecule has 1 aliphatic heterocycles. The van der Waals surface area contributed by atoms with Crippen molar-refractivity contribution in [3.63, 3.8) is 0 Å². The molecule has 0 spiro atoms. The highest BCUT2D eigenvalue weighted by Gasteiger charge is 2.47. The monoisotopic (exact) mass is 397 g/mol. The minimum absolute atomic E-state index is 0.0958. The summed E-state index contributed by atoms with van der Waals surface area (Å²) in [6.45, 7) is -0.768. The molecule has 0 bridgehead atoms. The van der Waals surface area contributed by atoms with Crippen molar-refractivity contribution in [2.24, 2.45) is 0 Å². The van der Waals surface area contributed by atoms with Gasteiger partial charge in [0.05, 0.1) is 12.6 Å². The lowest BCUT2D eigenvalue weighted by molar-refractivity contribution is -0.132. The molecule has 7 heteroatoms. The Morgan fingerprint density at radius 3 is 2.66 bits per heavy atom. The van der Waals surface area contributed by atoms with Crippen molar-refractivity contribution in [2.75, 3.05) is 6.54 Å². The van der Waals surface area contributed by atoms with Gasteiger partial charge < -0.3 is 4.90 Å². The summed E-state index contributed by atoms with van der Waals surface area (Å²) in [6, 6.07) is 12.1. The van der Waals surface area contributed by atoms with E-state index in [9.17, 15) is 18.4 Å². The van der Waals surface area contributed by atoms with E-state index in [0.717, 1.165) is 22.4 Å². The Labute approximate surface area is 168 Å². The maximum Gasteiger partial charge on any atom is 0.268 e. The molecular formula is C22H21F2N3O2. The Hall–Kier alpha value is -3.14. The number of likely N-dealkylation sites (tertiary alicyclic amines) is 1. The molecule has 2 heterocycles. The minimum Gasteiger partial charge on any atom is -0.320 e. The Kier molecular flexibility index (Phi) is 6.32. The van der Waals surface area contributed by atoms with Crippen molar-refractivity contribution in [1.29, 1.82) is 5.26 Å². The first-order chi connectivity index (χ1) is 13.9. The number of halogens is 2. The van der Waals surface area contributed by atoms with Crippen LogP contribution in [0.5, 0.6) is 0 Å². The van der Waals surface area contributed by atoms with Gasteiger partial charge in [0.1, 0.15) is 6.04 Å². The fourth-order valence-corrected chi connectivity index (χ4v) is 3.52. The number of hydrogen-bond donors (Lipinski definition) is 0. The van der Waals surface area contributed by atoms with Crippen molar-refractivity contribution >= 4 is 11.7 Å². The van der Waals surface area contributed by atoms with Crippen LogP contribution in [0, 0.1) is 11.3 Å². The van der Waals surface area contributed by atoms with Crippen LogP contribution in [0.15, 0.2) is 48.8 Å². The van der Waals surface area contributed by atoms with Crippen LogP contribution in [0.3, 0.4) is 0 Å². The molecule has 1 amide bonds. The molecule has 0 N–H and O–H groups in total. The Balaban J connectivity index is 1.61. The van der Waals surface area contributed by atoms with E-state index in [0.29, 0.717) is 12.0 Å². The second-order valence-electron chi connectivity index (χ2n) is 7.17. The highest BCUT2D eigenvalue weighted by Crippen LogP contribution is 2.32. The third kappa shape index (κ3) is 5.23. The number of carbonyl (C=O) groups excluding carboxylic acids is 2. The van der Waals surface area contributed by atoms with Crippen LogP contribution in [0.4, 0.5) is 8.78 Å². The molecule has 0 saturated carbocycles. The van der Waals surface area contributed by atoms with Gasteiger partial charge in [0, 0.05) is 37.2 Å². The van der Waals surface area contributed by atoms with E-state index in [2.05, 4.69) is 4.98 Å². The number of aryl methyl sites for hydroxylation is 2. The van der Waals surface area contributed by atoms with Crippen molar-refractivity contribution in [3.8, 4) is 6.07 Å². The smallest absolute Gasteiger partial charge is 0.268 e. The zero-order chi connectivity index (χ0) is 20.9. The van der Waals surface area contributed by atoms with Gasteiger partial charge in [0.25, 0.3) is 5.92 Å². The molecule has 1 aromatic heterocycles. The molecule has 1 saturated heterocycles. The summed E-state index contributed by atoms with van der Waals surface area (Å²) in [4.78, 5) is 29.9. The van der Waals surface area contributed by atoms with Crippen LogP contribution >= 0.6 is 0 Å². The molecule has 1 fully saturated rings. The zero-order valence-electron chi connectivity index (χ0n) is 15.9. The van der Waals surface area contributed by atoms with Crippen LogP contribution in [-0.2, 0) is 17.6 Å². The highest BCUT2D eigenvalue weighted by molar-refractivity contribution is 5.99. The molecule has 29 heavy (non-hydrogen) atoms. The fourth-order valence-electron chi connectivity index (χ4n) is 3.52. The standard InChI is InChI=1S/C22H21F2N3O2/c23-22(24)12-18(13-25)27(15-22)21(29)9-8-20(28)19-10-11-26-14-17(19)7-6-16-4-2-1-3-5-16/h1-5,10-11,14,18H,6-9,12,15H2/t18-/m0/s1. The number of Topliss-reactive ketones (excluding diaryl/α,β-unsaturated/α-hetero) is 1. The van der Waals surface area contributed by atoms with E-state index in [1.54, 1.807) is 18.3 Å². The maximum absolute atomic E-state index is 13.5. The lowest BCUT2D eigenvalue weighted by Crippen LogP contribution is -2.36. The SMILES string of the molecule is N#C[C@@H]1CC(F)(F)CN1C(=O)CCC(=O)c1ccncc1CCc1ccccc1. The average Bonchev–Trinajstić information content (AvgIpc) is 3.06. The van der Waals surface area contributed by atoms with Crippen LogP contribution in [0.2, 0.25) is 0 Å². The maximum atomic E-state index is 13.5. The first-order valence-electron chi connectivity index (χ1n) is 9.46. The molecule has 1 aliphatic rings. The molecular weight excluding hydrogens is 376 g/mol. The largest absolute Gasteiger partial charge is 0.320 e. The normalized spacial score (nSPS) is 17.7. The Bertz CT molecular complexity index is 925. The van der Waals surface area contributed by atoms with Crippen LogP contribution in [0.1, 0.15) is 40.7 Å². The zero-order valence-corrected chi connectivity index (χ0v) is 15.9. The Morgan fingerprint density at radius 1 is 1.17 bits per heavy atom. The van der Waals surface area contributed by atoms with Crippen LogP contribution in [-0.4, -0.2) is 40.1 Å². The van der Waals surface area contributed by atoms with Gasteiger partial charge in [-0.05, 0) is 30.0 Å². The van der Waals surface area contributed by atoms with E-state index in [4.69, 9.17) is 5.26 Å². The van der Waals surface area contributed by atoms with Crippen LogP contribution < -0.4 is 0 Å². The molecule has 0 aliphatic carbocycles. The first kappa shape index (κ1) is 20.6. The second kappa shape index (κ2) is 8.91. The molecule has 0 unspecified atom stereocenters. The summed E-state index contributed by atoms with van der Waals surface area (Å²) >= 11 is 0. The van der Waals surface area contributed by atoms with Crippen molar-refractivity contribution in [2.45, 2.75) is 44.1 Å². The van der Waals surface area contributed by atoms with Crippen molar-refractivity contribution < 1.29 is 18.4 Å². The summed E-state index contributed by atoms with van der Waals surface area (Å²) in [6.07, 6.45) is 3.59. The number of nitriles is 1. The number of ketones is 1. The molecule has 5 nitrogen and oxygen atoms in total. The van der Waals surface area contributed by atoms with E-state index >= 15 is 0 Å². The van der Waals surface area contributed by atoms with Gasteiger partial charge >= 0.3 is 0 Å². The summed E-state index contributed by atoms with van der Waals surface area (Å²) in [5.41, 5.74) is 2.42. The fraction of sp³-hybridized carbons (Fsp3) is 0.364. The number of hydrogen-bond acceptors (Lipinski definition) is 4. The lowest BCUT2D eigenvalue weighted by atomic mass is 9.97. The third-order valence-electron chi connectivity index (χ3n) is 5.04. The van der Waals surface area contributed by atoms with Gasteiger partial charge in [0.2, 0.25) is 5.91 Å². The summed E-state index contributed by atoms with van der Waals surface area (Å²) in [7, 11) is 0. The van der Waals surface area contributed by atoms with E-state index in [-0.39, 0.29) is 18.6 Å². The van der Waals surface area contributed by atoms with Gasteiger partial charge in [-0.25, -0.2) is 8.78 Å². The van der Waals surface area contributed by atoms with Crippen molar-refractivity contribution in [3.05, 3.63) is 65.5 Å². The number of aromatic nitrogens is 1. The molecule has 1 aromatic carbocycles. The van der Waals surface area contributed by atoms with Gasteiger partial charge in [-0.15, -0.1) is 0 Å². The molecule has 150 valence electrons. The van der Waals surface area contributed by atoms with Gasteiger partial charge in [-0.3, -0.25) is 14.6 Å². The third-order valence-corrected chi connectivity index (χ3v) is 5.04. The summed E-state index contributed by atoms with van der Waals surface area (Å²) < 4.78 is 27.0. The molecule has 0 radical (unpaired) electrons. The number of rotatable bonds is 7. The average molecular weight is 397 g/mol. The number of alkyl halides is 2. The molecule has 2 aromatic rings. The second-order valence-corrected chi connectivity index (χ2v) is 7.17. The summed E-state index contributed by atoms with van der Waals surface area (Å²) in [5, 5.41) is 9.01. The Morgan fingerprint density at radius 2 is 1.93 bits per heavy atom. The van der Waals surface area contributed by atoms with E-state index in [1.807, 2.05) is 30.3 Å². The topological polar surface area (TPSA) is 74.1 Å². The first-order valence-corrected chi connectivity index (χ1v) is 9.46. The van der Waals surface area contributed by atoms with E-state index < -0.39 is 30.8 Å². The predicted octanol–water partition coefficient (Wildman–Crippen LogP) is 3.59. The number of pyridine rings is 1. The van der Waals surface area contributed by atoms with Gasteiger partial charge in [-0.2, -0.15) is 5.26 Å².